The van der Waals surface area contributed by atoms with E-state index in [4.69, 9.17) is 15.0 Å². The van der Waals surface area contributed by atoms with Crippen LogP contribution in [0.3, 0.4) is 0 Å². The molecular weight excluding hydrogens is 326 g/mol. The molecule has 0 bridgehead atoms. The number of rotatable bonds is 11. The van der Waals surface area contributed by atoms with Crippen molar-refractivity contribution < 1.29 is 22.5 Å². The molecule has 1 aromatic carbocycles. The molecule has 0 unspecified atom stereocenters. The van der Waals surface area contributed by atoms with E-state index in [1.807, 2.05) is 6.07 Å². The van der Waals surface area contributed by atoms with Crippen LogP contribution in [0.1, 0.15) is 18.4 Å². The number of carboxylic acid groups (broad SMARTS) is 1. The zero-order valence-corrected chi connectivity index (χ0v) is 13.8. The van der Waals surface area contributed by atoms with E-state index in [0.717, 1.165) is 0 Å². The van der Waals surface area contributed by atoms with E-state index in [1.54, 1.807) is 24.3 Å². The maximum Gasteiger partial charge on any atom is 0.320 e. The van der Waals surface area contributed by atoms with E-state index >= 15 is 0 Å². The van der Waals surface area contributed by atoms with Gasteiger partial charge >= 0.3 is 5.97 Å². The van der Waals surface area contributed by atoms with Crippen LogP contribution < -0.4 is 5.73 Å². The predicted octanol–water partition coefficient (Wildman–Crippen LogP) is 1.46. The van der Waals surface area contributed by atoms with Gasteiger partial charge in [-0.25, -0.2) is 0 Å². The minimum absolute atomic E-state index is 0.131. The SMILES string of the molecule is N[C@@H](CCSCCCOS(=O)(=O)Cc1ccccc1)C(=O)O. The molecule has 0 aromatic heterocycles. The summed E-state index contributed by atoms with van der Waals surface area (Å²) in [4.78, 5) is 10.5. The molecule has 0 radical (unpaired) electrons. The van der Waals surface area contributed by atoms with Crippen LogP contribution >= 0.6 is 11.8 Å². The van der Waals surface area contributed by atoms with Gasteiger partial charge < -0.3 is 10.8 Å². The summed E-state index contributed by atoms with van der Waals surface area (Å²) in [5.41, 5.74) is 6.06. The van der Waals surface area contributed by atoms with Crippen LogP contribution in [0.25, 0.3) is 0 Å². The van der Waals surface area contributed by atoms with Crippen LogP contribution in [0, 0.1) is 0 Å². The molecule has 0 saturated carbocycles. The summed E-state index contributed by atoms with van der Waals surface area (Å²) in [6, 6.07) is 8.03. The quantitative estimate of drug-likeness (QED) is 0.461. The van der Waals surface area contributed by atoms with Crippen molar-refractivity contribution in [1.29, 1.82) is 0 Å². The Balaban J connectivity index is 2.12. The highest BCUT2D eigenvalue weighted by molar-refractivity contribution is 7.99. The van der Waals surface area contributed by atoms with Gasteiger partial charge in [0, 0.05) is 0 Å². The first-order valence-corrected chi connectivity index (χ1v) is 9.61. The zero-order valence-electron chi connectivity index (χ0n) is 12.2. The number of benzene rings is 1. The zero-order chi connectivity index (χ0) is 16.4. The van der Waals surface area contributed by atoms with Gasteiger partial charge in [0.15, 0.2) is 0 Å². The smallest absolute Gasteiger partial charge is 0.320 e. The van der Waals surface area contributed by atoms with E-state index < -0.39 is 22.1 Å². The first-order chi connectivity index (χ1) is 10.4. The number of carboxylic acids is 1. The van der Waals surface area contributed by atoms with Crippen molar-refractivity contribution in [2.45, 2.75) is 24.6 Å². The largest absolute Gasteiger partial charge is 0.480 e. The molecule has 0 amide bonds. The van der Waals surface area contributed by atoms with Gasteiger partial charge in [0.25, 0.3) is 10.1 Å². The topological polar surface area (TPSA) is 107 Å². The lowest BCUT2D eigenvalue weighted by atomic mass is 10.2. The van der Waals surface area contributed by atoms with Gasteiger partial charge in [0.2, 0.25) is 0 Å². The van der Waals surface area contributed by atoms with Gasteiger partial charge in [-0.15, -0.1) is 0 Å². The molecule has 3 N–H and O–H groups in total. The molecule has 22 heavy (non-hydrogen) atoms. The average Bonchev–Trinajstić information content (AvgIpc) is 2.46. The summed E-state index contributed by atoms with van der Waals surface area (Å²) >= 11 is 1.54. The Hall–Kier alpha value is -1.09. The number of hydrogen-bond acceptors (Lipinski definition) is 6. The first kappa shape index (κ1) is 19.0. The van der Waals surface area contributed by atoms with Gasteiger partial charge in [-0.05, 0) is 29.9 Å². The Kier molecular flexibility index (Phi) is 8.47. The van der Waals surface area contributed by atoms with E-state index in [1.165, 1.54) is 11.8 Å². The molecule has 0 saturated heterocycles. The third-order valence-corrected chi connectivity index (χ3v) is 5.09. The van der Waals surface area contributed by atoms with Crippen molar-refractivity contribution in [2.24, 2.45) is 5.73 Å². The van der Waals surface area contributed by atoms with E-state index in [-0.39, 0.29) is 12.4 Å². The summed E-state index contributed by atoms with van der Waals surface area (Å²) in [6.45, 7) is 0.132. The molecule has 1 rings (SSSR count). The lowest BCUT2D eigenvalue weighted by molar-refractivity contribution is -0.138. The maximum absolute atomic E-state index is 11.7. The number of nitrogens with two attached hydrogens (primary N) is 1. The van der Waals surface area contributed by atoms with Crippen LogP contribution in [0.15, 0.2) is 30.3 Å². The van der Waals surface area contributed by atoms with Gasteiger partial charge in [-0.3, -0.25) is 8.98 Å². The summed E-state index contributed by atoms with van der Waals surface area (Å²) in [5, 5.41) is 8.61. The number of hydrogen-bond donors (Lipinski definition) is 2. The van der Waals surface area contributed by atoms with Crippen molar-refractivity contribution in [2.75, 3.05) is 18.1 Å². The Morgan fingerprint density at radius 3 is 2.59 bits per heavy atom. The van der Waals surface area contributed by atoms with Crippen LogP contribution in [-0.2, 0) is 24.8 Å². The van der Waals surface area contributed by atoms with Crippen LogP contribution in [0.5, 0.6) is 0 Å². The Bertz CT molecular complexity index is 548. The minimum Gasteiger partial charge on any atom is -0.480 e. The summed E-state index contributed by atoms with van der Waals surface area (Å²) < 4.78 is 28.4. The summed E-state index contributed by atoms with van der Waals surface area (Å²) in [7, 11) is -3.56. The molecule has 0 aliphatic carbocycles. The molecule has 124 valence electrons. The van der Waals surface area contributed by atoms with E-state index in [9.17, 15) is 13.2 Å². The lowest BCUT2D eigenvalue weighted by Crippen LogP contribution is -2.30. The van der Waals surface area contributed by atoms with Crippen molar-refractivity contribution in [3.05, 3.63) is 35.9 Å². The van der Waals surface area contributed by atoms with Gasteiger partial charge in [0.05, 0.1) is 6.61 Å². The second-order valence-electron chi connectivity index (χ2n) is 4.71. The van der Waals surface area contributed by atoms with Crippen molar-refractivity contribution in [1.82, 2.24) is 0 Å². The fraction of sp³-hybridized carbons (Fsp3) is 0.500. The van der Waals surface area contributed by atoms with Crippen molar-refractivity contribution in [3.8, 4) is 0 Å². The predicted molar refractivity (Wildman–Crippen MR) is 87.2 cm³/mol. The number of aliphatic carboxylic acids is 1. The first-order valence-electron chi connectivity index (χ1n) is 6.88. The molecule has 0 aliphatic rings. The molecule has 6 nitrogen and oxygen atoms in total. The van der Waals surface area contributed by atoms with E-state index in [2.05, 4.69) is 0 Å². The summed E-state index contributed by atoms with van der Waals surface area (Å²) in [5.74, 6) is 0.197. The monoisotopic (exact) mass is 347 g/mol. The van der Waals surface area contributed by atoms with Crippen molar-refractivity contribution in [3.63, 3.8) is 0 Å². The fourth-order valence-electron chi connectivity index (χ4n) is 1.60. The molecule has 1 aromatic rings. The standard InChI is InChI=1S/C14H21NO5S2/c15-13(14(16)17)7-10-21-9-4-8-20-22(18,19)11-12-5-2-1-3-6-12/h1-3,5-6,13H,4,7-11,15H2,(H,16,17)/t13-/m0/s1. The third-order valence-electron chi connectivity index (χ3n) is 2.77. The maximum atomic E-state index is 11.7. The molecule has 0 aliphatic heterocycles. The molecule has 8 heteroatoms. The normalized spacial score (nSPS) is 13.0. The average molecular weight is 347 g/mol. The van der Waals surface area contributed by atoms with Gasteiger partial charge in [0.1, 0.15) is 11.8 Å². The highest BCUT2D eigenvalue weighted by Gasteiger charge is 2.12. The minimum atomic E-state index is -3.56. The number of thioether (sulfide) groups is 1. The Morgan fingerprint density at radius 2 is 1.95 bits per heavy atom. The van der Waals surface area contributed by atoms with Crippen LogP contribution in [0.4, 0.5) is 0 Å². The molecule has 0 heterocycles. The second kappa shape index (κ2) is 9.83. The van der Waals surface area contributed by atoms with Crippen molar-refractivity contribution >= 4 is 27.8 Å². The summed E-state index contributed by atoms with van der Waals surface area (Å²) in [6.07, 6.45) is 0.980. The molecule has 0 spiro atoms. The Labute approximate surface area is 135 Å². The molecular formula is C14H21NO5S2. The third kappa shape index (κ3) is 8.38. The fourth-order valence-corrected chi connectivity index (χ4v) is 3.61. The van der Waals surface area contributed by atoms with Crippen LogP contribution in [0.2, 0.25) is 0 Å². The highest BCUT2D eigenvalue weighted by Crippen LogP contribution is 2.10. The Morgan fingerprint density at radius 1 is 1.27 bits per heavy atom. The van der Waals surface area contributed by atoms with Crippen LogP contribution in [-0.4, -0.2) is 43.6 Å². The molecule has 0 fully saturated rings. The number of carbonyl (C=O) groups is 1. The second-order valence-corrected chi connectivity index (χ2v) is 7.57. The van der Waals surface area contributed by atoms with E-state index in [0.29, 0.717) is 29.9 Å². The lowest BCUT2D eigenvalue weighted by Gasteiger charge is -2.07. The highest BCUT2D eigenvalue weighted by atomic mass is 32.2. The van der Waals surface area contributed by atoms with Gasteiger partial charge in [-0.2, -0.15) is 20.2 Å². The molecule has 1 atom stereocenters. The van der Waals surface area contributed by atoms with Gasteiger partial charge in [-0.1, -0.05) is 30.3 Å².